The number of fused-ring (bicyclic) bond motifs is 1. The number of carbonyl (C=O) groups excluding carboxylic acids is 2. The maximum atomic E-state index is 14.3. The largest absolute Gasteiger partial charge is 0.458 e. The zero-order chi connectivity index (χ0) is 24.3. The van der Waals surface area contributed by atoms with Crippen LogP contribution in [0.25, 0.3) is 16.5 Å². The molecule has 0 radical (unpaired) electrons. The van der Waals surface area contributed by atoms with E-state index >= 15 is 0 Å². The fourth-order valence-corrected chi connectivity index (χ4v) is 2.69. The molecule has 3 rings (SSSR count). The van der Waals surface area contributed by atoms with Crippen molar-refractivity contribution in [1.82, 2.24) is 15.3 Å². The van der Waals surface area contributed by atoms with Crippen LogP contribution in [0.2, 0.25) is 0 Å². The predicted molar refractivity (Wildman–Crippen MR) is 103 cm³/mol. The number of amides is 1. The zero-order valence-electron chi connectivity index (χ0n) is 16.7. The van der Waals surface area contributed by atoms with Crippen LogP contribution in [0.5, 0.6) is 0 Å². The molecule has 1 atom stereocenters. The van der Waals surface area contributed by atoms with Gasteiger partial charge in [0.15, 0.2) is 29.1 Å². The lowest BCUT2D eigenvalue weighted by atomic mass is 10.1. The van der Waals surface area contributed by atoms with Crippen molar-refractivity contribution in [3.05, 3.63) is 65.6 Å². The number of nitrogens with one attached hydrogen (secondary N) is 1. The first-order chi connectivity index (χ1) is 15.5. The molecular formula is C20H15F5N4O4. The number of hydrogen-bond donors (Lipinski definition) is 2. The van der Waals surface area contributed by atoms with Crippen LogP contribution in [0.3, 0.4) is 0 Å². The summed E-state index contributed by atoms with van der Waals surface area (Å²) in [6.07, 6.45) is -3.72. The number of ether oxygens (including phenoxy) is 1. The standard InChI is InChI=1S/C20H15F5N4O4/c1-9(20(23,24)25)32-19(31)14-15(22)13(21)6-10-5-11(33-16(10)14)8-29-18(30)12(7-26)17-27-3-2-4-28-17/h2-7,9H,8,26H2,1H3,(H,29,30)/b12-7+/t9-/m1/s1. The summed E-state index contributed by atoms with van der Waals surface area (Å²) in [5.74, 6) is -5.73. The highest BCUT2D eigenvalue weighted by Gasteiger charge is 2.40. The van der Waals surface area contributed by atoms with Crippen LogP contribution in [0.15, 0.2) is 41.2 Å². The monoisotopic (exact) mass is 470 g/mol. The van der Waals surface area contributed by atoms with Crippen LogP contribution < -0.4 is 11.1 Å². The first kappa shape index (κ1) is 23.6. The SMILES string of the molecule is C[C@@H](OC(=O)c1c(F)c(F)cc2cc(CNC(=O)/C(=C/N)c3ncccn3)oc12)C(F)(F)F. The predicted octanol–water partition coefficient (Wildman–Crippen LogP) is 3.22. The topological polar surface area (TPSA) is 120 Å². The van der Waals surface area contributed by atoms with Crippen molar-refractivity contribution in [2.45, 2.75) is 25.7 Å². The molecule has 0 unspecified atom stereocenters. The van der Waals surface area contributed by atoms with Crippen LogP contribution in [0.1, 0.15) is 28.9 Å². The van der Waals surface area contributed by atoms with Crippen molar-refractivity contribution in [1.29, 1.82) is 0 Å². The van der Waals surface area contributed by atoms with E-state index in [2.05, 4.69) is 20.0 Å². The van der Waals surface area contributed by atoms with Gasteiger partial charge in [-0.2, -0.15) is 13.2 Å². The van der Waals surface area contributed by atoms with E-state index in [0.29, 0.717) is 13.0 Å². The summed E-state index contributed by atoms with van der Waals surface area (Å²) in [5.41, 5.74) is 3.69. The minimum Gasteiger partial charge on any atom is -0.458 e. The Morgan fingerprint density at radius 2 is 1.91 bits per heavy atom. The Morgan fingerprint density at radius 1 is 1.24 bits per heavy atom. The lowest BCUT2D eigenvalue weighted by molar-refractivity contribution is -0.198. The number of nitrogens with zero attached hydrogens (tertiary/aromatic N) is 2. The molecule has 0 aliphatic carbocycles. The number of nitrogens with two attached hydrogens (primary N) is 1. The minimum atomic E-state index is -4.91. The number of benzene rings is 1. The smallest absolute Gasteiger partial charge is 0.425 e. The number of halogens is 5. The second-order valence-corrected chi connectivity index (χ2v) is 6.60. The molecule has 0 saturated carbocycles. The van der Waals surface area contributed by atoms with Gasteiger partial charge in [0.2, 0.25) is 0 Å². The Bertz CT molecular complexity index is 1220. The molecule has 33 heavy (non-hydrogen) atoms. The maximum Gasteiger partial charge on any atom is 0.425 e. The van der Waals surface area contributed by atoms with Gasteiger partial charge in [-0.1, -0.05) is 0 Å². The maximum absolute atomic E-state index is 14.3. The minimum absolute atomic E-state index is 0.0371. The second-order valence-electron chi connectivity index (χ2n) is 6.60. The van der Waals surface area contributed by atoms with E-state index in [1.165, 1.54) is 24.5 Å². The molecule has 0 bridgehead atoms. The molecule has 1 amide bonds. The number of carbonyl (C=O) groups is 2. The molecule has 13 heteroatoms. The Labute approximate surface area is 182 Å². The third-order valence-electron chi connectivity index (χ3n) is 4.34. The molecule has 3 N–H and O–H groups in total. The van der Waals surface area contributed by atoms with Crippen molar-refractivity contribution >= 4 is 28.4 Å². The molecule has 174 valence electrons. The van der Waals surface area contributed by atoms with Crippen LogP contribution in [-0.4, -0.2) is 34.1 Å². The van der Waals surface area contributed by atoms with Crippen molar-refractivity contribution in [2.75, 3.05) is 0 Å². The molecule has 0 spiro atoms. The zero-order valence-corrected chi connectivity index (χ0v) is 16.7. The molecular weight excluding hydrogens is 455 g/mol. The molecule has 0 aliphatic rings. The van der Waals surface area contributed by atoms with Gasteiger partial charge in [0.05, 0.1) is 12.1 Å². The van der Waals surface area contributed by atoms with E-state index in [1.807, 2.05) is 0 Å². The Kier molecular flexibility index (Phi) is 6.60. The van der Waals surface area contributed by atoms with Crippen molar-refractivity contribution in [2.24, 2.45) is 5.73 Å². The van der Waals surface area contributed by atoms with Gasteiger partial charge in [0, 0.05) is 24.0 Å². The fraction of sp³-hybridized carbons (Fsp3) is 0.200. The highest BCUT2D eigenvalue weighted by atomic mass is 19.4. The normalized spacial score (nSPS) is 13.1. The lowest BCUT2D eigenvalue weighted by Crippen LogP contribution is -2.31. The van der Waals surface area contributed by atoms with Crippen LogP contribution in [0, 0.1) is 11.6 Å². The van der Waals surface area contributed by atoms with E-state index in [-0.39, 0.29) is 29.1 Å². The molecule has 1 aromatic carbocycles. The number of furan rings is 1. The first-order valence-corrected chi connectivity index (χ1v) is 9.18. The molecule has 2 aromatic heterocycles. The number of esters is 1. The summed E-state index contributed by atoms with van der Waals surface area (Å²) in [7, 11) is 0. The van der Waals surface area contributed by atoms with Crippen LogP contribution in [0.4, 0.5) is 22.0 Å². The summed E-state index contributed by atoms with van der Waals surface area (Å²) in [5, 5.41) is 2.29. The van der Waals surface area contributed by atoms with Gasteiger partial charge in [0.1, 0.15) is 11.3 Å². The average Bonchev–Trinajstić information content (AvgIpc) is 3.15. The van der Waals surface area contributed by atoms with Gasteiger partial charge in [-0.05, 0) is 25.1 Å². The summed E-state index contributed by atoms with van der Waals surface area (Å²) in [6.45, 7) is 0.211. The average molecular weight is 470 g/mol. The highest BCUT2D eigenvalue weighted by molar-refractivity contribution is 6.18. The van der Waals surface area contributed by atoms with Crippen molar-refractivity contribution < 1.29 is 40.7 Å². The highest BCUT2D eigenvalue weighted by Crippen LogP contribution is 2.30. The van der Waals surface area contributed by atoms with Crippen LogP contribution in [-0.2, 0) is 16.1 Å². The number of rotatable bonds is 6. The third-order valence-corrected chi connectivity index (χ3v) is 4.34. The van der Waals surface area contributed by atoms with Gasteiger partial charge >= 0.3 is 12.1 Å². The second kappa shape index (κ2) is 9.22. The Hall–Kier alpha value is -4.03. The van der Waals surface area contributed by atoms with E-state index in [0.717, 1.165) is 6.20 Å². The number of hydrogen-bond acceptors (Lipinski definition) is 7. The summed E-state index contributed by atoms with van der Waals surface area (Å²) in [6, 6.07) is 3.39. The van der Waals surface area contributed by atoms with E-state index in [1.54, 1.807) is 0 Å². The van der Waals surface area contributed by atoms with Gasteiger partial charge < -0.3 is 20.2 Å². The summed E-state index contributed by atoms with van der Waals surface area (Å²) >= 11 is 0. The number of alkyl halides is 3. The van der Waals surface area contributed by atoms with Crippen LogP contribution >= 0.6 is 0 Å². The van der Waals surface area contributed by atoms with Gasteiger partial charge in [-0.15, -0.1) is 0 Å². The molecule has 0 saturated heterocycles. The molecule has 0 fully saturated rings. The van der Waals surface area contributed by atoms with Gasteiger partial charge in [-0.3, -0.25) is 4.79 Å². The van der Waals surface area contributed by atoms with Gasteiger partial charge in [-0.25, -0.2) is 23.5 Å². The first-order valence-electron chi connectivity index (χ1n) is 9.18. The lowest BCUT2D eigenvalue weighted by Gasteiger charge is -2.16. The number of aromatic nitrogens is 2. The van der Waals surface area contributed by atoms with E-state index in [4.69, 9.17) is 10.2 Å². The van der Waals surface area contributed by atoms with E-state index in [9.17, 15) is 31.5 Å². The van der Waals surface area contributed by atoms with Crippen molar-refractivity contribution in [3.63, 3.8) is 0 Å². The Balaban J connectivity index is 1.86. The third kappa shape index (κ3) is 5.07. The Morgan fingerprint density at radius 3 is 2.52 bits per heavy atom. The molecule has 8 nitrogen and oxygen atoms in total. The van der Waals surface area contributed by atoms with Crippen molar-refractivity contribution in [3.8, 4) is 0 Å². The molecule has 0 aliphatic heterocycles. The molecule has 2 heterocycles. The van der Waals surface area contributed by atoms with E-state index < -0.39 is 46.9 Å². The summed E-state index contributed by atoms with van der Waals surface area (Å²) in [4.78, 5) is 32.3. The fourth-order valence-electron chi connectivity index (χ4n) is 2.69. The summed E-state index contributed by atoms with van der Waals surface area (Å²) < 4.78 is 75.8. The molecule has 3 aromatic rings. The quantitative estimate of drug-likeness (QED) is 0.322. The van der Waals surface area contributed by atoms with Gasteiger partial charge in [0.25, 0.3) is 5.91 Å².